The van der Waals surface area contributed by atoms with Gasteiger partial charge in [-0.15, -0.1) is 0 Å². The van der Waals surface area contributed by atoms with Crippen molar-refractivity contribution in [2.24, 2.45) is 5.73 Å². The second kappa shape index (κ2) is 7.45. The van der Waals surface area contributed by atoms with Gasteiger partial charge in [0.25, 0.3) is 0 Å². The van der Waals surface area contributed by atoms with Crippen LogP contribution in [0.3, 0.4) is 0 Å². The number of hydrogen-bond acceptors (Lipinski definition) is 5. The summed E-state index contributed by atoms with van der Waals surface area (Å²) in [7, 11) is 0. The van der Waals surface area contributed by atoms with Gasteiger partial charge in [-0.2, -0.15) is 0 Å². The molecule has 0 fully saturated rings. The van der Waals surface area contributed by atoms with Gasteiger partial charge in [-0.1, -0.05) is 30.3 Å². The van der Waals surface area contributed by atoms with Crippen LogP contribution in [0.1, 0.15) is 25.3 Å². The molecule has 0 aliphatic carbocycles. The third-order valence-electron chi connectivity index (χ3n) is 2.19. The highest BCUT2D eigenvalue weighted by atomic mass is 16.6. The highest BCUT2D eigenvalue weighted by Crippen LogP contribution is 2.04. The normalized spacial score (nSPS) is 11.7. The summed E-state index contributed by atoms with van der Waals surface area (Å²) in [5.41, 5.74) is 6.41. The summed E-state index contributed by atoms with van der Waals surface area (Å²) in [6.07, 6.45) is -0.374. The minimum atomic E-state index is -0.758. The Bertz CT molecular complexity index is 391. The minimum absolute atomic E-state index is 0.126. The lowest BCUT2D eigenvalue weighted by Gasteiger charge is -2.11. The zero-order valence-electron chi connectivity index (χ0n) is 10.3. The zero-order valence-corrected chi connectivity index (χ0v) is 10.3. The Morgan fingerprint density at radius 1 is 1.28 bits per heavy atom. The molecule has 0 saturated carbocycles. The molecule has 5 heteroatoms. The van der Waals surface area contributed by atoms with E-state index in [0.29, 0.717) is 0 Å². The van der Waals surface area contributed by atoms with Crippen LogP contribution >= 0.6 is 0 Å². The second-order valence-corrected chi connectivity index (χ2v) is 3.83. The fourth-order valence-corrected chi connectivity index (χ4v) is 1.34. The third-order valence-corrected chi connectivity index (χ3v) is 2.19. The fraction of sp³-hybridized carbons (Fsp3) is 0.385. The zero-order chi connectivity index (χ0) is 13.4. The lowest BCUT2D eigenvalue weighted by Crippen LogP contribution is -2.27. The van der Waals surface area contributed by atoms with E-state index in [1.54, 1.807) is 0 Å². The highest BCUT2D eigenvalue weighted by molar-refractivity contribution is 5.69. The van der Waals surface area contributed by atoms with Gasteiger partial charge >= 0.3 is 11.9 Å². The van der Waals surface area contributed by atoms with Gasteiger partial charge in [-0.05, 0) is 5.56 Å². The first kappa shape index (κ1) is 14.2. The second-order valence-electron chi connectivity index (χ2n) is 3.83. The summed E-state index contributed by atoms with van der Waals surface area (Å²) in [6, 6.07) is 9.39. The first-order chi connectivity index (χ1) is 8.58. The van der Waals surface area contributed by atoms with Crippen molar-refractivity contribution in [1.82, 2.24) is 0 Å². The molecule has 1 atom stereocenters. The molecule has 18 heavy (non-hydrogen) atoms. The molecule has 1 aromatic carbocycles. The van der Waals surface area contributed by atoms with Gasteiger partial charge in [0.1, 0.15) is 6.61 Å². The monoisotopic (exact) mass is 251 g/mol. The van der Waals surface area contributed by atoms with Crippen molar-refractivity contribution >= 4 is 11.9 Å². The summed E-state index contributed by atoms with van der Waals surface area (Å²) in [5.74, 6) is -0.818. The number of esters is 2. The van der Waals surface area contributed by atoms with Crippen molar-refractivity contribution in [3.05, 3.63) is 35.9 Å². The number of carbonyl (C=O) groups excluding carboxylic acids is 2. The van der Waals surface area contributed by atoms with E-state index in [4.69, 9.17) is 15.2 Å². The van der Waals surface area contributed by atoms with Crippen LogP contribution in [0.4, 0.5) is 0 Å². The van der Waals surface area contributed by atoms with Crippen molar-refractivity contribution in [1.29, 1.82) is 0 Å². The molecular weight excluding hydrogens is 234 g/mol. The van der Waals surface area contributed by atoms with Crippen molar-refractivity contribution < 1.29 is 19.1 Å². The number of benzene rings is 1. The van der Waals surface area contributed by atoms with Gasteiger partial charge in [0.15, 0.2) is 6.23 Å². The van der Waals surface area contributed by atoms with E-state index in [1.807, 2.05) is 30.3 Å². The molecule has 2 N–H and O–H groups in total. The Morgan fingerprint density at radius 3 is 2.56 bits per heavy atom. The Morgan fingerprint density at radius 2 is 1.94 bits per heavy atom. The molecule has 0 saturated heterocycles. The Balaban J connectivity index is 2.20. The summed E-state index contributed by atoms with van der Waals surface area (Å²) < 4.78 is 9.74. The first-order valence-electron chi connectivity index (χ1n) is 5.70. The molecule has 0 aromatic heterocycles. The number of ether oxygens (including phenoxy) is 2. The van der Waals surface area contributed by atoms with Gasteiger partial charge in [0.05, 0.1) is 6.42 Å². The van der Waals surface area contributed by atoms with Crippen LogP contribution in [-0.4, -0.2) is 18.2 Å². The molecule has 0 aliphatic rings. The van der Waals surface area contributed by atoms with Crippen LogP contribution in [0, 0.1) is 0 Å². The van der Waals surface area contributed by atoms with E-state index in [1.165, 1.54) is 6.92 Å². The molecule has 0 bridgehead atoms. The summed E-state index contributed by atoms with van der Waals surface area (Å²) in [5, 5.41) is 0. The van der Waals surface area contributed by atoms with Crippen LogP contribution in [-0.2, 0) is 25.7 Å². The SMILES string of the molecule is CC(=O)OC(N)CCC(=O)OCc1ccccc1. The third kappa shape index (κ3) is 6.00. The predicted octanol–water partition coefficient (Wildman–Crippen LogP) is 1.36. The molecule has 1 aromatic rings. The van der Waals surface area contributed by atoms with Gasteiger partial charge in [-0.3, -0.25) is 15.3 Å². The van der Waals surface area contributed by atoms with Crippen LogP contribution in [0.15, 0.2) is 30.3 Å². The maximum absolute atomic E-state index is 11.4. The lowest BCUT2D eigenvalue weighted by molar-refractivity contribution is -0.150. The van der Waals surface area contributed by atoms with Crippen LogP contribution < -0.4 is 5.73 Å². The Labute approximate surface area is 106 Å². The average molecular weight is 251 g/mol. The molecule has 1 unspecified atom stereocenters. The van der Waals surface area contributed by atoms with Crippen molar-refractivity contribution in [2.75, 3.05) is 0 Å². The molecule has 0 aliphatic heterocycles. The molecular formula is C13H17NO4. The molecule has 5 nitrogen and oxygen atoms in total. The highest BCUT2D eigenvalue weighted by Gasteiger charge is 2.10. The first-order valence-corrected chi connectivity index (χ1v) is 5.70. The van der Waals surface area contributed by atoms with E-state index in [2.05, 4.69) is 0 Å². The molecule has 0 spiro atoms. The largest absolute Gasteiger partial charge is 0.461 e. The smallest absolute Gasteiger partial charge is 0.306 e. The summed E-state index contributed by atoms with van der Waals surface area (Å²) >= 11 is 0. The maximum atomic E-state index is 11.4. The predicted molar refractivity (Wildman–Crippen MR) is 65.2 cm³/mol. The summed E-state index contributed by atoms with van der Waals surface area (Å²) in [4.78, 5) is 22.0. The van der Waals surface area contributed by atoms with Crippen molar-refractivity contribution in [2.45, 2.75) is 32.6 Å². The Hall–Kier alpha value is -1.88. The number of carbonyl (C=O) groups is 2. The van der Waals surface area contributed by atoms with Gasteiger partial charge in [0.2, 0.25) is 0 Å². The molecule has 0 amide bonds. The standard InChI is InChI=1S/C13H17NO4/c1-10(15)18-12(14)7-8-13(16)17-9-11-5-3-2-4-6-11/h2-6,12H,7-9,14H2,1H3. The summed E-state index contributed by atoms with van der Waals surface area (Å²) in [6.45, 7) is 1.51. The van der Waals surface area contributed by atoms with Gasteiger partial charge in [-0.25, -0.2) is 0 Å². The van der Waals surface area contributed by atoms with E-state index < -0.39 is 12.2 Å². The number of rotatable bonds is 6. The van der Waals surface area contributed by atoms with Gasteiger partial charge in [0, 0.05) is 13.3 Å². The molecule has 0 heterocycles. The topological polar surface area (TPSA) is 78.6 Å². The van der Waals surface area contributed by atoms with E-state index in [0.717, 1.165) is 5.56 Å². The van der Waals surface area contributed by atoms with Crippen LogP contribution in [0.25, 0.3) is 0 Å². The van der Waals surface area contributed by atoms with Gasteiger partial charge < -0.3 is 9.47 Å². The molecule has 98 valence electrons. The van der Waals surface area contributed by atoms with Crippen molar-refractivity contribution in [3.8, 4) is 0 Å². The minimum Gasteiger partial charge on any atom is -0.461 e. The molecule has 1 rings (SSSR count). The average Bonchev–Trinajstić information content (AvgIpc) is 2.34. The quantitative estimate of drug-likeness (QED) is 0.610. The molecule has 0 radical (unpaired) electrons. The maximum Gasteiger partial charge on any atom is 0.306 e. The fourth-order valence-electron chi connectivity index (χ4n) is 1.34. The van der Waals surface area contributed by atoms with E-state index >= 15 is 0 Å². The van der Waals surface area contributed by atoms with E-state index in [-0.39, 0.29) is 25.4 Å². The van der Waals surface area contributed by atoms with E-state index in [9.17, 15) is 9.59 Å². The number of hydrogen-bond donors (Lipinski definition) is 1. The van der Waals surface area contributed by atoms with Crippen LogP contribution in [0.5, 0.6) is 0 Å². The van der Waals surface area contributed by atoms with Crippen molar-refractivity contribution in [3.63, 3.8) is 0 Å². The Kier molecular flexibility index (Phi) is 5.87. The number of nitrogens with two attached hydrogens (primary N) is 1. The lowest BCUT2D eigenvalue weighted by atomic mass is 10.2. The van der Waals surface area contributed by atoms with Crippen LogP contribution in [0.2, 0.25) is 0 Å².